The highest BCUT2D eigenvalue weighted by Crippen LogP contribution is 2.30. The molecule has 0 amide bonds. The third kappa shape index (κ3) is 4.11. The molecule has 0 aliphatic carbocycles. The lowest BCUT2D eigenvalue weighted by Gasteiger charge is -2.40. The van der Waals surface area contributed by atoms with Gasteiger partial charge in [-0.1, -0.05) is 31.5 Å². The minimum atomic E-state index is -0.0774. The predicted molar refractivity (Wildman–Crippen MR) is 110 cm³/mol. The third-order valence-electron chi connectivity index (χ3n) is 5.88. The standard InChI is InChI=1S/C20H31ClN6/c1-6-17(19-22-23-24-27(19)20(4,5)7-2)25-10-12-26(13-11-25)18-14-16(21)9-8-15(18)3/h8-9,14,17H,6-7,10-13H2,1-5H3/t17-/m0/s1. The van der Waals surface area contributed by atoms with Gasteiger partial charge < -0.3 is 4.90 Å². The smallest absolute Gasteiger partial charge is 0.168 e. The SMILES string of the molecule is CC[C@@H](c1nnnn1C(C)(C)CC)N1CCN(c2cc(Cl)ccc2C)CC1. The van der Waals surface area contributed by atoms with Gasteiger partial charge in [0.2, 0.25) is 0 Å². The molecule has 0 spiro atoms. The van der Waals surface area contributed by atoms with Crippen LogP contribution in [-0.4, -0.2) is 51.3 Å². The number of benzene rings is 1. The van der Waals surface area contributed by atoms with Crippen LogP contribution in [-0.2, 0) is 5.54 Å². The number of aryl methyl sites for hydroxylation is 1. The summed E-state index contributed by atoms with van der Waals surface area (Å²) in [5.74, 6) is 0.983. The van der Waals surface area contributed by atoms with Crippen LogP contribution >= 0.6 is 11.6 Å². The monoisotopic (exact) mass is 390 g/mol. The van der Waals surface area contributed by atoms with E-state index < -0.39 is 0 Å². The zero-order chi connectivity index (χ0) is 19.6. The van der Waals surface area contributed by atoms with E-state index in [0.717, 1.165) is 49.9 Å². The predicted octanol–water partition coefficient (Wildman–Crippen LogP) is 4.05. The first kappa shape index (κ1) is 20.1. The molecule has 1 aliphatic heterocycles. The molecule has 0 bridgehead atoms. The van der Waals surface area contributed by atoms with Crippen LogP contribution in [0.3, 0.4) is 0 Å². The molecule has 1 aromatic carbocycles. The molecule has 0 unspecified atom stereocenters. The Balaban J connectivity index is 1.75. The summed E-state index contributed by atoms with van der Waals surface area (Å²) >= 11 is 6.22. The lowest BCUT2D eigenvalue weighted by atomic mass is 10.0. The van der Waals surface area contributed by atoms with Gasteiger partial charge in [-0.15, -0.1) is 5.10 Å². The Labute approximate surface area is 167 Å². The van der Waals surface area contributed by atoms with Gasteiger partial charge in [-0.2, -0.15) is 0 Å². The molecule has 1 aliphatic rings. The number of piperazine rings is 1. The van der Waals surface area contributed by atoms with Crippen molar-refractivity contribution in [3.8, 4) is 0 Å². The number of anilines is 1. The Morgan fingerprint density at radius 2 is 1.85 bits per heavy atom. The van der Waals surface area contributed by atoms with Crippen molar-refractivity contribution in [3.63, 3.8) is 0 Å². The van der Waals surface area contributed by atoms with Gasteiger partial charge in [-0.05, 0) is 61.7 Å². The molecule has 1 saturated heterocycles. The number of hydrogen-bond acceptors (Lipinski definition) is 5. The average Bonchev–Trinajstić information content (AvgIpc) is 3.15. The molecule has 148 valence electrons. The second-order valence-electron chi connectivity index (χ2n) is 7.99. The Morgan fingerprint density at radius 1 is 1.15 bits per heavy atom. The lowest BCUT2D eigenvalue weighted by Crippen LogP contribution is -2.48. The van der Waals surface area contributed by atoms with Crippen molar-refractivity contribution < 1.29 is 0 Å². The van der Waals surface area contributed by atoms with E-state index in [-0.39, 0.29) is 11.6 Å². The van der Waals surface area contributed by atoms with E-state index in [1.165, 1.54) is 11.3 Å². The highest BCUT2D eigenvalue weighted by Gasteiger charge is 2.32. The summed E-state index contributed by atoms with van der Waals surface area (Å²) in [7, 11) is 0. The van der Waals surface area contributed by atoms with Gasteiger partial charge in [-0.3, -0.25) is 4.90 Å². The molecule has 0 saturated carbocycles. The van der Waals surface area contributed by atoms with Gasteiger partial charge in [0.15, 0.2) is 5.82 Å². The van der Waals surface area contributed by atoms with Gasteiger partial charge in [0.1, 0.15) is 0 Å². The molecule has 0 radical (unpaired) electrons. The first-order chi connectivity index (χ1) is 12.9. The van der Waals surface area contributed by atoms with Crippen molar-refractivity contribution in [1.82, 2.24) is 25.1 Å². The second kappa shape index (κ2) is 8.15. The average molecular weight is 391 g/mol. The molecule has 27 heavy (non-hydrogen) atoms. The zero-order valence-corrected chi connectivity index (χ0v) is 17.9. The maximum atomic E-state index is 6.22. The molecule has 1 aromatic heterocycles. The molecule has 1 fully saturated rings. The summed E-state index contributed by atoms with van der Waals surface area (Å²) in [6, 6.07) is 6.38. The summed E-state index contributed by atoms with van der Waals surface area (Å²) in [6.45, 7) is 14.9. The minimum Gasteiger partial charge on any atom is -0.369 e. The lowest BCUT2D eigenvalue weighted by molar-refractivity contribution is 0.158. The Hall–Kier alpha value is -1.66. The van der Waals surface area contributed by atoms with E-state index >= 15 is 0 Å². The summed E-state index contributed by atoms with van der Waals surface area (Å²) in [6.07, 6.45) is 1.99. The number of tetrazole rings is 1. The highest BCUT2D eigenvalue weighted by molar-refractivity contribution is 6.30. The molecule has 0 N–H and O–H groups in total. The third-order valence-corrected chi connectivity index (χ3v) is 6.12. The van der Waals surface area contributed by atoms with Crippen molar-refractivity contribution >= 4 is 17.3 Å². The topological polar surface area (TPSA) is 50.1 Å². The van der Waals surface area contributed by atoms with Crippen LogP contribution in [0, 0.1) is 6.92 Å². The molecular formula is C20H31ClN6. The van der Waals surface area contributed by atoms with E-state index in [1.54, 1.807) is 0 Å². The van der Waals surface area contributed by atoms with Gasteiger partial charge >= 0.3 is 0 Å². The fraction of sp³-hybridized carbons (Fsp3) is 0.650. The summed E-state index contributed by atoms with van der Waals surface area (Å²) in [5, 5.41) is 13.5. The van der Waals surface area contributed by atoms with Crippen LogP contribution in [0.25, 0.3) is 0 Å². The van der Waals surface area contributed by atoms with Crippen molar-refractivity contribution in [1.29, 1.82) is 0 Å². The summed E-state index contributed by atoms with van der Waals surface area (Å²) in [4.78, 5) is 4.95. The van der Waals surface area contributed by atoms with E-state index in [9.17, 15) is 0 Å². The van der Waals surface area contributed by atoms with Crippen molar-refractivity contribution in [2.45, 2.75) is 59.0 Å². The first-order valence-electron chi connectivity index (χ1n) is 9.91. The maximum Gasteiger partial charge on any atom is 0.168 e. The first-order valence-corrected chi connectivity index (χ1v) is 10.3. The van der Waals surface area contributed by atoms with Gasteiger partial charge in [-0.25, -0.2) is 4.68 Å². The Kier molecular flexibility index (Phi) is 6.06. The maximum absolute atomic E-state index is 6.22. The van der Waals surface area contributed by atoms with E-state index in [0.29, 0.717) is 0 Å². The Bertz CT molecular complexity index is 764. The Morgan fingerprint density at radius 3 is 2.48 bits per heavy atom. The molecule has 2 heterocycles. The van der Waals surface area contributed by atoms with Crippen molar-refractivity contribution in [2.24, 2.45) is 0 Å². The van der Waals surface area contributed by atoms with Crippen molar-refractivity contribution in [2.75, 3.05) is 31.1 Å². The van der Waals surface area contributed by atoms with Crippen LogP contribution in [0.2, 0.25) is 5.02 Å². The zero-order valence-electron chi connectivity index (χ0n) is 17.1. The minimum absolute atomic E-state index is 0.0774. The quantitative estimate of drug-likeness (QED) is 0.744. The fourth-order valence-electron chi connectivity index (χ4n) is 3.78. The van der Waals surface area contributed by atoms with Crippen LogP contribution in [0.4, 0.5) is 5.69 Å². The fourth-order valence-corrected chi connectivity index (χ4v) is 3.95. The van der Waals surface area contributed by atoms with Crippen LogP contribution in [0.15, 0.2) is 18.2 Å². The number of rotatable bonds is 6. The normalized spacial score (nSPS) is 17.3. The van der Waals surface area contributed by atoms with E-state index in [1.807, 2.05) is 10.7 Å². The number of halogens is 1. The number of hydrogen-bond donors (Lipinski definition) is 0. The van der Waals surface area contributed by atoms with E-state index in [4.69, 9.17) is 11.6 Å². The summed E-state index contributed by atoms with van der Waals surface area (Å²) < 4.78 is 2.02. The van der Waals surface area contributed by atoms with Crippen LogP contribution in [0.5, 0.6) is 0 Å². The molecule has 2 aromatic rings. The van der Waals surface area contributed by atoms with Crippen LogP contribution in [0.1, 0.15) is 58.0 Å². The molecule has 3 rings (SSSR count). The largest absolute Gasteiger partial charge is 0.369 e. The van der Waals surface area contributed by atoms with Crippen LogP contribution < -0.4 is 4.90 Å². The van der Waals surface area contributed by atoms with Gasteiger partial charge in [0.25, 0.3) is 0 Å². The second-order valence-corrected chi connectivity index (χ2v) is 8.43. The van der Waals surface area contributed by atoms with Gasteiger partial charge in [0, 0.05) is 36.9 Å². The summed E-state index contributed by atoms with van der Waals surface area (Å²) in [5.41, 5.74) is 2.44. The number of nitrogens with zero attached hydrogens (tertiary/aromatic N) is 6. The highest BCUT2D eigenvalue weighted by atomic mass is 35.5. The molecule has 6 nitrogen and oxygen atoms in total. The molecular weight excluding hydrogens is 360 g/mol. The molecule has 7 heteroatoms. The molecule has 1 atom stereocenters. The van der Waals surface area contributed by atoms with Crippen molar-refractivity contribution in [3.05, 3.63) is 34.6 Å². The number of aromatic nitrogens is 4. The van der Waals surface area contributed by atoms with Gasteiger partial charge in [0.05, 0.1) is 11.6 Å². The van der Waals surface area contributed by atoms with E-state index in [2.05, 4.69) is 72.1 Å².